The van der Waals surface area contributed by atoms with Crippen LogP contribution in [0.4, 0.5) is 0 Å². The summed E-state index contributed by atoms with van der Waals surface area (Å²) in [5.41, 5.74) is 0.618. The first kappa shape index (κ1) is 17.3. The van der Waals surface area contributed by atoms with Crippen molar-refractivity contribution in [3.8, 4) is 11.5 Å². The van der Waals surface area contributed by atoms with Gasteiger partial charge >= 0.3 is 0 Å². The van der Waals surface area contributed by atoms with E-state index in [2.05, 4.69) is 5.32 Å². The molecule has 1 N–H and O–H groups in total. The summed E-state index contributed by atoms with van der Waals surface area (Å²) < 4.78 is 33.7. The average molecular weight is 361 g/mol. The third-order valence-electron chi connectivity index (χ3n) is 4.06. The van der Waals surface area contributed by atoms with Gasteiger partial charge in [-0.1, -0.05) is 6.07 Å². The standard InChI is InChI=1S/C18H19NO5S/c1-18(2,13-6-9-15-16(10-13)24-11-23-15)19-17(20)12-4-7-14(8-5-12)25(3,21)22/h4-10H,11H2,1-3H3,(H,19,20). The highest BCUT2D eigenvalue weighted by Crippen LogP contribution is 2.35. The smallest absolute Gasteiger partial charge is 0.251 e. The number of nitrogens with one attached hydrogen (secondary N) is 1. The Morgan fingerprint density at radius 2 is 1.68 bits per heavy atom. The number of carbonyl (C=O) groups excluding carboxylic acids is 1. The number of benzene rings is 2. The highest BCUT2D eigenvalue weighted by Gasteiger charge is 2.26. The van der Waals surface area contributed by atoms with Gasteiger partial charge in [0.2, 0.25) is 6.79 Å². The second-order valence-corrected chi connectivity index (χ2v) is 8.46. The van der Waals surface area contributed by atoms with E-state index in [1.54, 1.807) is 0 Å². The van der Waals surface area contributed by atoms with Crippen molar-refractivity contribution in [1.82, 2.24) is 5.32 Å². The van der Waals surface area contributed by atoms with Crippen LogP contribution >= 0.6 is 0 Å². The number of sulfone groups is 1. The number of hydrogen-bond acceptors (Lipinski definition) is 5. The molecule has 1 amide bonds. The molecule has 0 atom stereocenters. The van der Waals surface area contributed by atoms with E-state index in [1.165, 1.54) is 24.3 Å². The van der Waals surface area contributed by atoms with Gasteiger partial charge in [-0.3, -0.25) is 4.79 Å². The van der Waals surface area contributed by atoms with Gasteiger partial charge in [0.1, 0.15) is 0 Å². The van der Waals surface area contributed by atoms with E-state index in [1.807, 2.05) is 32.0 Å². The van der Waals surface area contributed by atoms with Crippen LogP contribution in [0.15, 0.2) is 47.4 Å². The Morgan fingerprint density at radius 1 is 1.04 bits per heavy atom. The fourth-order valence-electron chi connectivity index (χ4n) is 2.57. The highest BCUT2D eigenvalue weighted by atomic mass is 32.2. The molecular weight excluding hydrogens is 342 g/mol. The summed E-state index contributed by atoms with van der Waals surface area (Å²) in [6, 6.07) is 11.4. The Morgan fingerprint density at radius 3 is 2.32 bits per heavy atom. The Hall–Kier alpha value is -2.54. The van der Waals surface area contributed by atoms with Gasteiger partial charge in [0.25, 0.3) is 5.91 Å². The zero-order valence-electron chi connectivity index (χ0n) is 14.2. The van der Waals surface area contributed by atoms with Gasteiger partial charge in [0.15, 0.2) is 21.3 Å². The first-order valence-electron chi connectivity index (χ1n) is 7.69. The molecule has 0 spiro atoms. The largest absolute Gasteiger partial charge is 0.454 e. The number of amides is 1. The third-order valence-corrected chi connectivity index (χ3v) is 5.19. The van der Waals surface area contributed by atoms with Crippen LogP contribution in [0.25, 0.3) is 0 Å². The van der Waals surface area contributed by atoms with Crippen molar-refractivity contribution in [3.05, 3.63) is 53.6 Å². The molecule has 0 aliphatic carbocycles. The minimum Gasteiger partial charge on any atom is -0.454 e. The first-order chi connectivity index (χ1) is 11.7. The van der Waals surface area contributed by atoms with Crippen LogP contribution in [-0.4, -0.2) is 27.4 Å². The van der Waals surface area contributed by atoms with Crippen molar-refractivity contribution in [2.24, 2.45) is 0 Å². The maximum absolute atomic E-state index is 12.5. The molecule has 0 fully saturated rings. The molecule has 7 heteroatoms. The normalized spacial score (nSPS) is 13.6. The minimum absolute atomic E-state index is 0.180. The molecule has 0 radical (unpaired) electrons. The molecule has 0 saturated heterocycles. The van der Waals surface area contributed by atoms with Gasteiger partial charge in [0, 0.05) is 11.8 Å². The zero-order chi connectivity index (χ0) is 18.2. The second kappa shape index (κ2) is 6.07. The van der Waals surface area contributed by atoms with Crippen LogP contribution in [0.3, 0.4) is 0 Å². The molecule has 132 valence electrons. The molecule has 1 aliphatic rings. The molecule has 6 nitrogen and oxygen atoms in total. The van der Waals surface area contributed by atoms with Gasteiger partial charge in [-0.05, 0) is 55.8 Å². The summed E-state index contributed by atoms with van der Waals surface area (Å²) in [6.45, 7) is 3.96. The molecule has 0 aromatic heterocycles. The summed E-state index contributed by atoms with van der Waals surface area (Å²) in [4.78, 5) is 12.7. The summed E-state index contributed by atoms with van der Waals surface area (Å²) >= 11 is 0. The van der Waals surface area contributed by atoms with Gasteiger partial charge in [-0.25, -0.2) is 8.42 Å². The molecular formula is C18H19NO5S. The van der Waals surface area contributed by atoms with E-state index >= 15 is 0 Å². The molecule has 3 rings (SSSR count). The van der Waals surface area contributed by atoms with Gasteiger partial charge < -0.3 is 14.8 Å². The van der Waals surface area contributed by atoms with Crippen molar-refractivity contribution in [3.63, 3.8) is 0 Å². The zero-order valence-corrected chi connectivity index (χ0v) is 15.0. The lowest BCUT2D eigenvalue weighted by atomic mass is 9.93. The van der Waals surface area contributed by atoms with Crippen molar-refractivity contribution in [1.29, 1.82) is 0 Å². The van der Waals surface area contributed by atoms with Crippen LogP contribution in [0.2, 0.25) is 0 Å². The molecule has 0 saturated carbocycles. The lowest BCUT2D eigenvalue weighted by Gasteiger charge is -2.27. The number of hydrogen-bond donors (Lipinski definition) is 1. The highest BCUT2D eigenvalue weighted by molar-refractivity contribution is 7.90. The fourth-order valence-corrected chi connectivity index (χ4v) is 3.20. The molecule has 0 bridgehead atoms. The SMILES string of the molecule is CC(C)(NC(=O)c1ccc(S(C)(=O)=O)cc1)c1ccc2c(c1)OCO2. The second-order valence-electron chi connectivity index (χ2n) is 6.44. The van der Waals surface area contributed by atoms with E-state index in [-0.39, 0.29) is 17.6 Å². The van der Waals surface area contributed by atoms with Crippen LogP contribution in [0.1, 0.15) is 29.8 Å². The van der Waals surface area contributed by atoms with Gasteiger partial charge in [-0.2, -0.15) is 0 Å². The van der Waals surface area contributed by atoms with Crippen molar-refractivity contribution < 1.29 is 22.7 Å². The number of rotatable bonds is 4. The lowest BCUT2D eigenvalue weighted by molar-refractivity contribution is 0.0911. The maximum atomic E-state index is 12.5. The number of fused-ring (bicyclic) bond motifs is 1. The first-order valence-corrected chi connectivity index (χ1v) is 9.59. The molecule has 25 heavy (non-hydrogen) atoms. The number of carbonyl (C=O) groups is 1. The van der Waals surface area contributed by atoms with Crippen molar-refractivity contribution in [2.75, 3.05) is 13.0 Å². The van der Waals surface area contributed by atoms with Gasteiger partial charge in [0.05, 0.1) is 10.4 Å². The van der Waals surface area contributed by atoms with Crippen LogP contribution < -0.4 is 14.8 Å². The lowest BCUT2D eigenvalue weighted by Crippen LogP contribution is -2.41. The minimum atomic E-state index is -3.29. The molecule has 1 aliphatic heterocycles. The topological polar surface area (TPSA) is 81.7 Å². The van der Waals surface area contributed by atoms with E-state index in [0.717, 1.165) is 11.8 Å². The predicted octanol–water partition coefficient (Wildman–Crippen LogP) is 2.48. The van der Waals surface area contributed by atoms with Gasteiger partial charge in [-0.15, -0.1) is 0 Å². The van der Waals surface area contributed by atoms with Crippen LogP contribution in [0, 0.1) is 0 Å². The molecule has 2 aromatic rings. The van der Waals surface area contributed by atoms with E-state index in [0.29, 0.717) is 17.1 Å². The predicted molar refractivity (Wildman–Crippen MR) is 92.6 cm³/mol. The van der Waals surface area contributed by atoms with Crippen LogP contribution in [-0.2, 0) is 15.4 Å². The van der Waals surface area contributed by atoms with E-state index in [9.17, 15) is 13.2 Å². The van der Waals surface area contributed by atoms with Crippen molar-refractivity contribution in [2.45, 2.75) is 24.3 Å². The van der Waals surface area contributed by atoms with E-state index in [4.69, 9.17) is 9.47 Å². The Bertz CT molecular complexity index is 917. The Kier molecular flexibility index (Phi) is 4.20. The Labute approximate surface area is 146 Å². The molecule has 1 heterocycles. The summed E-state index contributed by atoms with van der Waals surface area (Å²) in [6.07, 6.45) is 1.13. The summed E-state index contributed by atoms with van der Waals surface area (Å²) in [5, 5.41) is 2.95. The maximum Gasteiger partial charge on any atom is 0.251 e. The Balaban J connectivity index is 1.79. The average Bonchev–Trinajstić information content (AvgIpc) is 3.01. The fraction of sp³-hybridized carbons (Fsp3) is 0.278. The van der Waals surface area contributed by atoms with Crippen molar-refractivity contribution >= 4 is 15.7 Å². The molecule has 2 aromatic carbocycles. The summed E-state index contributed by atoms with van der Waals surface area (Å²) in [7, 11) is -3.29. The third kappa shape index (κ3) is 3.61. The quantitative estimate of drug-likeness (QED) is 0.905. The van der Waals surface area contributed by atoms with Crippen LogP contribution in [0.5, 0.6) is 11.5 Å². The number of ether oxygens (including phenoxy) is 2. The molecule has 0 unspecified atom stereocenters. The summed E-state index contributed by atoms with van der Waals surface area (Å²) in [5.74, 6) is 1.04. The monoisotopic (exact) mass is 361 g/mol. The van der Waals surface area contributed by atoms with E-state index < -0.39 is 15.4 Å².